The quantitative estimate of drug-likeness (QED) is 0.375. The number of hydrogen-bond donors (Lipinski definition) is 3. The highest BCUT2D eigenvalue weighted by atomic mass is 32.7. The zero-order valence-corrected chi connectivity index (χ0v) is 17.7. The highest BCUT2D eigenvalue weighted by Crippen LogP contribution is 2.55. The molecule has 0 saturated carbocycles. The second kappa shape index (κ2) is 12.7. The lowest BCUT2D eigenvalue weighted by molar-refractivity contribution is -0.192. The maximum atomic E-state index is 12.9. The predicted octanol–water partition coefficient (Wildman–Crippen LogP) is 3.43. The van der Waals surface area contributed by atoms with Crippen LogP contribution in [0.3, 0.4) is 0 Å². The SMILES string of the molecule is CC(C)OC(=O)[C@H](C)NP(=O)(Oc1ccccc1)SCCN.O=C(O)C(F)(F)F. The number of carboxylic acids is 1. The first kappa shape index (κ1) is 27.2. The second-order valence-electron chi connectivity index (χ2n) is 5.66. The molecule has 0 aromatic heterocycles. The van der Waals surface area contributed by atoms with E-state index in [1.54, 1.807) is 45.0 Å². The Labute approximate surface area is 170 Å². The standard InChI is InChI=1S/C14H23N2O4PS.C2HF3O2/c1-11(2)19-14(17)12(3)16-21(18,22-10-9-15)20-13-7-5-4-6-8-13;3-2(4,5)1(6)7/h4-8,11-12H,9-10,15H2,1-3H3,(H,16,18);(H,6,7)/t12-,21?;/m0./s1. The molecule has 0 spiro atoms. The third kappa shape index (κ3) is 12.4. The van der Waals surface area contributed by atoms with Crippen LogP contribution in [0.1, 0.15) is 20.8 Å². The summed E-state index contributed by atoms with van der Waals surface area (Å²) in [5.41, 5.74) is 5.47. The molecular weight excluding hydrogens is 436 g/mol. The van der Waals surface area contributed by atoms with Gasteiger partial charge in [0.05, 0.1) is 6.10 Å². The van der Waals surface area contributed by atoms with Crippen LogP contribution in [0.2, 0.25) is 0 Å². The number of halogens is 3. The van der Waals surface area contributed by atoms with Crippen molar-refractivity contribution in [1.82, 2.24) is 5.09 Å². The largest absolute Gasteiger partial charge is 0.490 e. The lowest BCUT2D eigenvalue weighted by atomic mass is 10.3. The molecule has 29 heavy (non-hydrogen) atoms. The average Bonchev–Trinajstić information content (AvgIpc) is 2.60. The molecule has 0 fully saturated rings. The van der Waals surface area contributed by atoms with E-state index in [1.165, 1.54) is 0 Å². The maximum Gasteiger partial charge on any atom is 0.490 e. The van der Waals surface area contributed by atoms with Gasteiger partial charge >= 0.3 is 24.8 Å². The number of nitrogens with two attached hydrogens (primary N) is 1. The van der Waals surface area contributed by atoms with Gasteiger partial charge in [-0.3, -0.25) is 4.79 Å². The summed E-state index contributed by atoms with van der Waals surface area (Å²) in [6, 6.07) is 8.05. The van der Waals surface area contributed by atoms with Gasteiger partial charge in [-0.15, -0.1) is 0 Å². The summed E-state index contributed by atoms with van der Waals surface area (Å²) in [6.45, 7) is 2.14. The first-order valence-electron chi connectivity index (χ1n) is 8.28. The third-order valence-electron chi connectivity index (χ3n) is 2.65. The number of hydrogen-bond acceptors (Lipinski definition) is 7. The summed E-state index contributed by atoms with van der Waals surface area (Å²) >= 11 is 1.07. The van der Waals surface area contributed by atoms with Gasteiger partial charge < -0.3 is 20.1 Å². The van der Waals surface area contributed by atoms with Crippen LogP contribution < -0.4 is 15.3 Å². The fourth-order valence-corrected chi connectivity index (χ4v) is 5.16. The first-order chi connectivity index (χ1) is 13.3. The van der Waals surface area contributed by atoms with Gasteiger partial charge in [0.25, 0.3) is 0 Å². The van der Waals surface area contributed by atoms with Crippen molar-refractivity contribution >= 4 is 30.0 Å². The van der Waals surface area contributed by atoms with Crippen molar-refractivity contribution in [1.29, 1.82) is 0 Å². The lowest BCUT2D eigenvalue weighted by Crippen LogP contribution is -2.35. The van der Waals surface area contributed by atoms with Crippen molar-refractivity contribution in [2.45, 2.75) is 39.1 Å². The van der Waals surface area contributed by atoms with Crippen molar-refractivity contribution in [3.63, 3.8) is 0 Å². The molecule has 0 bridgehead atoms. The Hall–Kier alpha value is -1.75. The smallest absolute Gasteiger partial charge is 0.475 e. The summed E-state index contributed by atoms with van der Waals surface area (Å²) in [5, 5.41) is 9.87. The number of alkyl halides is 3. The van der Waals surface area contributed by atoms with Crippen molar-refractivity contribution < 1.29 is 41.7 Å². The van der Waals surface area contributed by atoms with E-state index in [1.807, 2.05) is 6.07 Å². The molecule has 13 heteroatoms. The highest BCUT2D eigenvalue weighted by molar-refractivity contribution is 8.56. The summed E-state index contributed by atoms with van der Waals surface area (Å²) < 4.78 is 55.3. The molecule has 0 radical (unpaired) electrons. The molecule has 8 nitrogen and oxygen atoms in total. The first-order valence-corrected chi connectivity index (χ1v) is 11.5. The van der Waals surface area contributed by atoms with Crippen molar-refractivity contribution in [2.75, 3.05) is 12.3 Å². The normalized spacial score (nSPS) is 14.2. The summed E-state index contributed by atoms with van der Waals surface area (Å²) in [4.78, 5) is 20.8. The van der Waals surface area contributed by atoms with Gasteiger partial charge in [-0.25, -0.2) is 14.4 Å². The van der Waals surface area contributed by atoms with E-state index in [0.717, 1.165) is 11.4 Å². The topological polar surface area (TPSA) is 128 Å². The predicted molar refractivity (Wildman–Crippen MR) is 104 cm³/mol. The maximum absolute atomic E-state index is 12.9. The van der Waals surface area contributed by atoms with E-state index >= 15 is 0 Å². The molecule has 0 aliphatic rings. The van der Waals surface area contributed by atoms with Crippen molar-refractivity contribution in [3.8, 4) is 5.75 Å². The van der Waals surface area contributed by atoms with E-state index in [0.29, 0.717) is 18.0 Å². The minimum Gasteiger partial charge on any atom is -0.475 e. The van der Waals surface area contributed by atoms with Gasteiger partial charge in [0, 0.05) is 12.3 Å². The Morgan fingerprint density at radius 3 is 2.17 bits per heavy atom. The van der Waals surface area contributed by atoms with Crippen molar-refractivity contribution in [2.24, 2.45) is 5.73 Å². The molecule has 0 heterocycles. The average molecular weight is 460 g/mol. The summed E-state index contributed by atoms with van der Waals surface area (Å²) in [5.74, 6) is -2.32. The molecular formula is C16H24F3N2O6PS. The number of para-hydroxylation sites is 1. The van der Waals surface area contributed by atoms with Crippen molar-refractivity contribution in [3.05, 3.63) is 30.3 Å². The van der Waals surface area contributed by atoms with Crippen LogP contribution in [0.5, 0.6) is 5.75 Å². The molecule has 0 amide bonds. The van der Waals surface area contributed by atoms with Crippen LogP contribution in [0.15, 0.2) is 30.3 Å². The number of ether oxygens (including phenoxy) is 1. The molecule has 4 N–H and O–H groups in total. The van der Waals surface area contributed by atoms with Gasteiger partial charge in [-0.1, -0.05) is 18.2 Å². The molecule has 2 atom stereocenters. The van der Waals surface area contributed by atoms with E-state index in [-0.39, 0.29) is 6.10 Å². The van der Waals surface area contributed by atoms with Gasteiger partial charge in [-0.2, -0.15) is 13.2 Å². The Kier molecular flexibility index (Phi) is 12.0. The van der Waals surface area contributed by atoms with Gasteiger partial charge in [-0.05, 0) is 44.3 Å². The van der Waals surface area contributed by atoms with Crippen LogP contribution in [0.25, 0.3) is 0 Å². The number of carbonyl (C=O) groups excluding carboxylic acids is 1. The van der Waals surface area contributed by atoms with E-state index < -0.39 is 30.9 Å². The molecule has 0 aliphatic carbocycles. The van der Waals surface area contributed by atoms with Gasteiger partial charge in [0.2, 0.25) is 0 Å². The number of rotatable bonds is 9. The minimum atomic E-state index is -5.08. The molecule has 1 unspecified atom stereocenters. The number of aliphatic carboxylic acids is 1. The minimum absolute atomic E-state index is 0.233. The zero-order chi connectivity index (χ0) is 22.7. The zero-order valence-electron chi connectivity index (χ0n) is 16.0. The second-order valence-corrected chi connectivity index (χ2v) is 9.98. The Balaban J connectivity index is 0.000000956. The lowest BCUT2D eigenvalue weighted by Gasteiger charge is -2.23. The van der Waals surface area contributed by atoms with Crippen LogP contribution in [-0.4, -0.2) is 47.7 Å². The monoisotopic (exact) mass is 460 g/mol. The Morgan fingerprint density at radius 1 is 1.24 bits per heavy atom. The molecule has 0 saturated heterocycles. The molecule has 1 aromatic carbocycles. The fourth-order valence-electron chi connectivity index (χ4n) is 1.51. The van der Waals surface area contributed by atoms with Crippen LogP contribution >= 0.6 is 18.1 Å². The van der Waals surface area contributed by atoms with E-state index in [4.69, 9.17) is 24.9 Å². The molecule has 1 aromatic rings. The fraction of sp³-hybridized carbons (Fsp3) is 0.500. The van der Waals surface area contributed by atoms with E-state index in [2.05, 4.69) is 5.09 Å². The van der Waals surface area contributed by atoms with Crippen LogP contribution in [0.4, 0.5) is 13.2 Å². The van der Waals surface area contributed by atoms with Gasteiger partial charge in [0.1, 0.15) is 11.8 Å². The highest BCUT2D eigenvalue weighted by Gasteiger charge is 2.38. The number of carboxylic acid groups (broad SMARTS) is 1. The van der Waals surface area contributed by atoms with E-state index in [9.17, 15) is 22.5 Å². The summed E-state index contributed by atoms with van der Waals surface area (Å²) in [7, 11) is 0. The van der Waals surface area contributed by atoms with Crippen LogP contribution in [0, 0.1) is 0 Å². The number of benzene rings is 1. The Bertz CT molecular complexity index is 691. The van der Waals surface area contributed by atoms with Crippen LogP contribution in [-0.2, 0) is 18.9 Å². The molecule has 166 valence electrons. The number of nitrogens with one attached hydrogen (secondary N) is 1. The molecule has 0 aliphatic heterocycles. The molecule has 1 rings (SSSR count). The third-order valence-corrected chi connectivity index (χ3v) is 6.67. The number of carbonyl (C=O) groups is 2. The summed E-state index contributed by atoms with van der Waals surface area (Å²) in [6.07, 6.45) is -5.32. The number of esters is 1. The van der Waals surface area contributed by atoms with Gasteiger partial charge in [0.15, 0.2) is 0 Å². The Morgan fingerprint density at radius 2 is 1.76 bits per heavy atom.